The van der Waals surface area contributed by atoms with Crippen LogP contribution in [0.15, 0.2) is 29.2 Å². The summed E-state index contributed by atoms with van der Waals surface area (Å²) in [5, 5.41) is 3.35. The smallest absolute Gasteiger partial charge is 0.243 e. The number of benzene rings is 1. The molecule has 1 fully saturated rings. The Morgan fingerprint density at radius 1 is 1.26 bits per heavy atom. The van der Waals surface area contributed by atoms with Crippen LogP contribution in [0.1, 0.15) is 33.6 Å². The van der Waals surface area contributed by atoms with Gasteiger partial charge in [0.25, 0.3) is 0 Å². The number of hydrogen-bond donors (Lipinski definition) is 1. The topological polar surface area (TPSA) is 66.5 Å². The molecule has 0 bridgehead atoms. The Morgan fingerprint density at radius 2 is 1.87 bits per heavy atom. The maximum atomic E-state index is 12.6. The van der Waals surface area contributed by atoms with Gasteiger partial charge in [-0.15, -0.1) is 0 Å². The van der Waals surface area contributed by atoms with Gasteiger partial charge < -0.3 is 5.32 Å². The first-order valence-corrected chi connectivity index (χ1v) is 9.49. The zero-order valence-corrected chi connectivity index (χ0v) is 15.2. The Hall–Kier alpha value is -1.11. The molecule has 1 aromatic rings. The average molecular weight is 359 g/mol. The van der Waals surface area contributed by atoms with Gasteiger partial charge in [-0.3, -0.25) is 4.79 Å². The fraction of sp³-hybridized carbons (Fsp3) is 0.562. The second-order valence-corrected chi connectivity index (χ2v) is 9.25. The number of hydrogen-bond acceptors (Lipinski definition) is 3. The van der Waals surface area contributed by atoms with E-state index in [0.717, 1.165) is 0 Å². The van der Waals surface area contributed by atoms with Crippen LogP contribution in [-0.4, -0.2) is 37.3 Å². The third-order valence-electron chi connectivity index (χ3n) is 3.76. The summed E-state index contributed by atoms with van der Waals surface area (Å²) in [7, 11) is -3.55. The molecule has 7 heteroatoms. The molecule has 1 aliphatic heterocycles. The van der Waals surface area contributed by atoms with Crippen LogP contribution >= 0.6 is 11.6 Å². The quantitative estimate of drug-likeness (QED) is 0.903. The molecular formula is C16H23ClN2O3S. The van der Waals surface area contributed by atoms with E-state index < -0.39 is 10.0 Å². The number of piperidine rings is 1. The van der Waals surface area contributed by atoms with Gasteiger partial charge in [-0.2, -0.15) is 4.31 Å². The fourth-order valence-corrected chi connectivity index (χ4v) is 4.38. The highest BCUT2D eigenvalue weighted by molar-refractivity contribution is 7.89. The molecule has 0 saturated carbocycles. The van der Waals surface area contributed by atoms with Crippen molar-refractivity contribution in [3.8, 4) is 0 Å². The van der Waals surface area contributed by atoms with Gasteiger partial charge in [-0.1, -0.05) is 17.7 Å². The van der Waals surface area contributed by atoms with Crippen LogP contribution in [0.5, 0.6) is 0 Å². The minimum Gasteiger partial charge on any atom is -0.351 e. The third kappa shape index (κ3) is 4.68. The molecule has 23 heavy (non-hydrogen) atoms. The predicted molar refractivity (Wildman–Crippen MR) is 90.8 cm³/mol. The number of sulfonamides is 1. The van der Waals surface area contributed by atoms with E-state index in [1.165, 1.54) is 10.4 Å². The standard InChI is InChI=1S/C16H23ClN2O3S/c1-16(2,3)18-15(20)12-7-9-19(10-8-12)23(21,22)14-6-4-5-13(17)11-14/h4-6,11-12H,7-10H2,1-3H3,(H,18,20). The highest BCUT2D eigenvalue weighted by Gasteiger charge is 2.33. The van der Waals surface area contributed by atoms with Crippen LogP contribution in [0.2, 0.25) is 5.02 Å². The molecule has 5 nitrogen and oxygen atoms in total. The van der Waals surface area contributed by atoms with Gasteiger partial charge >= 0.3 is 0 Å². The first-order valence-electron chi connectivity index (χ1n) is 7.67. The lowest BCUT2D eigenvalue weighted by atomic mass is 9.96. The van der Waals surface area contributed by atoms with Crippen LogP contribution < -0.4 is 5.32 Å². The Morgan fingerprint density at radius 3 is 2.39 bits per heavy atom. The number of amides is 1. The Labute approximate surface area is 143 Å². The van der Waals surface area contributed by atoms with Gasteiger partial charge in [-0.25, -0.2) is 8.42 Å². The Bertz CT molecular complexity index is 675. The van der Waals surface area contributed by atoms with E-state index in [4.69, 9.17) is 11.6 Å². The van der Waals surface area contributed by atoms with E-state index in [9.17, 15) is 13.2 Å². The van der Waals surface area contributed by atoms with Gasteiger partial charge in [0.05, 0.1) is 4.90 Å². The van der Waals surface area contributed by atoms with Crippen molar-refractivity contribution in [2.24, 2.45) is 5.92 Å². The lowest BCUT2D eigenvalue weighted by Crippen LogP contribution is -2.47. The van der Waals surface area contributed by atoms with E-state index in [-0.39, 0.29) is 22.3 Å². The molecule has 1 aliphatic rings. The van der Waals surface area contributed by atoms with E-state index in [0.29, 0.717) is 31.0 Å². The average Bonchev–Trinajstić information content (AvgIpc) is 2.45. The summed E-state index contributed by atoms with van der Waals surface area (Å²) in [4.78, 5) is 12.4. The molecule has 0 atom stereocenters. The molecule has 1 heterocycles. The van der Waals surface area contributed by atoms with Gasteiger partial charge in [0.1, 0.15) is 0 Å². The molecule has 1 aromatic carbocycles. The maximum absolute atomic E-state index is 12.6. The summed E-state index contributed by atoms with van der Waals surface area (Å²) >= 11 is 5.88. The summed E-state index contributed by atoms with van der Waals surface area (Å²) in [6, 6.07) is 6.26. The van der Waals surface area contributed by atoms with Gasteiger partial charge in [0.15, 0.2) is 0 Å². The Kier molecular flexibility index (Phi) is 5.38. The number of nitrogens with one attached hydrogen (secondary N) is 1. The van der Waals surface area contributed by atoms with Crippen molar-refractivity contribution in [2.75, 3.05) is 13.1 Å². The number of halogens is 1. The lowest BCUT2D eigenvalue weighted by molar-refractivity contribution is -0.127. The third-order valence-corrected chi connectivity index (χ3v) is 5.89. The normalized spacial score (nSPS) is 17.9. The molecule has 1 saturated heterocycles. The molecule has 0 aromatic heterocycles. The fourth-order valence-electron chi connectivity index (χ4n) is 2.61. The SMILES string of the molecule is CC(C)(C)NC(=O)C1CCN(S(=O)(=O)c2cccc(Cl)c2)CC1. The molecule has 0 aliphatic carbocycles. The Balaban J connectivity index is 2.03. The first-order chi connectivity index (χ1) is 10.6. The summed E-state index contributed by atoms with van der Waals surface area (Å²) in [5.74, 6) is -0.141. The van der Waals surface area contributed by atoms with Crippen molar-refractivity contribution in [3.63, 3.8) is 0 Å². The number of carbonyl (C=O) groups is 1. The van der Waals surface area contributed by atoms with Crippen molar-refractivity contribution in [2.45, 2.75) is 44.0 Å². The summed E-state index contributed by atoms with van der Waals surface area (Å²) in [6.07, 6.45) is 1.06. The molecule has 0 radical (unpaired) electrons. The van der Waals surface area contributed by atoms with Crippen LogP contribution in [0, 0.1) is 5.92 Å². The summed E-state index contributed by atoms with van der Waals surface area (Å²) < 4.78 is 26.7. The van der Waals surface area contributed by atoms with Crippen molar-refractivity contribution in [3.05, 3.63) is 29.3 Å². The van der Waals surface area contributed by atoms with Crippen LogP contribution in [-0.2, 0) is 14.8 Å². The largest absolute Gasteiger partial charge is 0.351 e. The maximum Gasteiger partial charge on any atom is 0.243 e. The summed E-state index contributed by atoms with van der Waals surface area (Å²) in [6.45, 7) is 6.49. The van der Waals surface area contributed by atoms with E-state index >= 15 is 0 Å². The number of nitrogens with zero attached hydrogens (tertiary/aromatic N) is 1. The second-order valence-electron chi connectivity index (χ2n) is 6.87. The van der Waals surface area contributed by atoms with Gasteiger partial charge in [-0.05, 0) is 51.8 Å². The van der Waals surface area contributed by atoms with Crippen LogP contribution in [0.3, 0.4) is 0 Å². The van der Waals surface area contributed by atoms with E-state index in [1.54, 1.807) is 18.2 Å². The van der Waals surface area contributed by atoms with Crippen molar-refractivity contribution >= 4 is 27.5 Å². The second kappa shape index (κ2) is 6.79. The monoisotopic (exact) mass is 358 g/mol. The number of carbonyl (C=O) groups excluding carboxylic acids is 1. The first kappa shape index (κ1) is 18.2. The minimum atomic E-state index is -3.55. The van der Waals surface area contributed by atoms with E-state index in [1.807, 2.05) is 20.8 Å². The highest BCUT2D eigenvalue weighted by atomic mass is 35.5. The number of rotatable bonds is 3. The molecule has 1 N–H and O–H groups in total. The minimum absolute atomic E-state index is 0.00250. The molecule has 0 unspecified atom stereocenters. The molecule has 128 valence electrons. The van der Waals surface area contributed by atoms with Crippen LogP contribution in [0.25, 0.3) is 0 Å². The molecule has 2 rings (SSSR count). The van der Waals surface area contributed by atoms with Gasteiger partial charge in [0, 0.05) is 29.6 Å². The van der Waals surface area contributed by atoms with Crippen molar-refractivity contribution in [1.29, 1.82) is 0 Å². The van der Waals surface area contributed by atoms with Crippen molar-refractivity contribution < 1.29 is 13.2 Å². The van der Waals surface area contributed by atoms with Crippen LogP contribution in [0.4, 0.5) is 0 Å². The molecular weight excluding hydrogens is 336 g/mol. The zero-order chi connectivity index (χ0) is 17.3. The van der Waals surface area contributed by atoms with E-state index in [2.05, 4.69) is 5.32 Å². The van der Waals surface area contributed by atoms with Crippen molar-refractivity contribution in [1.82, 2.24) is 9.62 Å². The predicted octanol–water partition coefficient (Wildman–Crippen LogP) is 2.66. The van der Waals surface area contributed by atoms with Gasteiger partial charge in [0.2, 0.25) is 15.9 Å². The lowest BCUT2D eigenvalue weighted by Gasteiger charge is -2.32. The summed E-state index contributed by atoms with van der Waals surface area (Å²) in [5.41, 5.74) is -0.277. The zero-order valence-electron chi connectivity index (χ0n) is 13.7. The highest BCUT2D eigenvalue weighted by Crippen LogP contribution is 2.25. The molecule has 0 spiro atoms. The molecule has 1 amide bonds.